The van der Waals surface area contributed by atoms with Crippen molar-refractivity contribution in [1.82, 2.24) is 15.0 Å². The Morgan fingerprint density at radius 3 is 2.21 bits per heavy atom. The zero-order chi connectivity index (χ0) is 34.2. The lowest BCUT2D eigenvalue weighted by molar-refractivity contribution is 0.525. The second kappa shape index (κ2) is 11.5. The van der Waals surface area contributed by atoms with Crippen LogP contribution in [0, 0.1) is 5.92 Å². The van der Waals surface area contributed by atoms with E-state index < -0.39 is 0 Å². The molecule has 0 saturated heterocycles. The van der Waals surface area contributed by atoms with Crippen molar-refractivity contribution >= 4 is 50.0 Å². The van der Waals surface area contributed by atoms with Gasteiger partial charge in [-0.05, 0) is 65.8 Å². The Bertz CT molecular complexity index is 2930. The number of rotatable bonds is 4. The Labute approximate surface area is 299 Å². The summed E-state index contributed by atoms with van der Waals surface area (Å²) in [6.45, 7) is 0. The molecule has 0 saturated carbocycles. The van der Waals surface area contributed by atoms with Crippen molar-refractivity contribution in [3.8, 4) is 45.3 Å². The highest BCUT2D eigenvalue weighted by Crippen LogP contribution is 2.44. The average molecular weight is 670 g/mol. The number of benzene rings is 6. The maximum absolute atomic E-state index is 6.70. The highest BCUT2D eigenvalue weighted by molar-refractivity contribution is 6.15. The largest absolute Gasteiger partial charge is 0.456 e. The monoisotopic (exact) mass is 669 g/mol. The lowest BCUT2D eigenvalue weighted by Gasteiger charge is -2.30. The summed E-state index contributed by atoms with van der Waals surface area (Å²) in [5.74, 6) is 2.81. The maximum Gasteiger partial charge on any atom is 0.164 e. The van der Waals surface area contributed by atoms with Crippen LogP contribution in [0.5, 0.6) is 0 Å². The summed E-state index contributed by atoms with van der Waals surface area (Å²) in [4.78, 5) is 15.4. The van der Waals surface area contributed by atoms with E-state index in [0.717, 1.165) is 84.5 Å². The van der Waals surface area contributed by atoms with Gasteiger partial charge >= 0.3 is 0 Å². The van der Waals surface area contributed by atoms with Crippen molar-refractivity contribution < 1.29 is 8.83 Å². The Hall–Kier alpha value is -6.59. The molecule has 3 aromatic heterocycles. The number of hydrogen-bond acceptors (Lipinski definition) is 5. The maximum atomic E-state index is 6.70. The van der Waals surface area contributed by atoms with Gasteiger partial charge in [0.05, 0.1) is 0 Å². The van der Waals surface area contributed by atoms with Crippen molar-refractivity contribution in [2.45, 2.75) is 18.8 Å². The number of allylic oxidation sites excluding steroid dienone is 3. The first-order valence-corrected chi connectivity index (χ1v) is 17.9. The molecule has 2 unspecified atom stereocenters. The van der Waals surface area contributed by atoms with Gasteiger partial charge in [-0.2, -0.15) is 0 Å². The minimum atomic E-state index is 0.433. The molecule has 0 spiro atoms. The van der Waals surface area contributed by atoms with Crippen LogP contribution in [-0.4, -0.2) is 15.0 Å². The summed E-state index contributed by atoms with van der Waals surface area (Å²) < 4.78 is 13.0. The first-order chi connectivity index (χ1) is 25.7. The van der Waals surface area contributed by atoms with Crippen LogP contribution in [0.4, 0.5) is 0 Å². The van der Waals surface area contributed by atoms with Crippen LogP contribution in [0.2, 0.25) is 0 Å². The summed E-state index contributed by atoms with van der Waals surface area (Å²) in [6, 6.07) is 43.9. The summed E-state index contributed by atoms with van der Waals surface area (Å²) in [6.07, 6.45) is 11.5. The van der Waals surface area contributed by atoms with Gasteiger partial charge in [0.15, 0.2) is 17.5 Å². The Morgan fingerprint density at radius 1 is 0.519 bits per heavy atom. The molecule has 6 aromatic carbocycles. The molecule has 0 radical (unpaired) electrons. The standard InChI is InChI=1S/C47H31N3O2/c1-2-11-30(12-3-1)45-48-46(32-23-22-29-21-20-28-10-4-5-13-33(28)39(29)26-32)50-47(49-45)38-17-9-19-41-43(38)37-16-8-15-34(44(37)52-41)31-24-25-36-35-14-6-7-18-40(35)51-42(36)27-31/h1-4,6-12,14-28,33H,5,13H2. The van der Waals surface area contributed by atoms with Gasteiger partial charge < -0.3 is 8.83 Å². The second-order valence-electron chi connectivity index (χ2n) is 13.8. The Balaban J connectivity index is 1.09. The van der Waals surface area contributed by atoms with E-state index in [0.29, 0.717) is 29.3 Å². The van der Waals surface area contributed by atoms with Gasteiger partial charge in [-0.1, -0.05) is 121 Å². The molecule has 2 aliphatic rings. The number of hydrogen-bond donors (Lipinski definition) is 0. The number of fused-ring (bicyclic) bond motifs is 9. The average Bonchev–Trinajstić information content (AvgIpc) is 3.79. The SMILES string of the molecule is C1=CC2C=Cc3ccc(-c4nc(-c5ccccc5)nc(-c5cccc6oc7c(-c8ccc9c(c8)oc8ccccc89)cccc7c56)n4)cc3C2CC1. The Kier molecular flexibility index (Phi) is 6.44. The van der Waals surface area contributed by atoms with Crippen LogP contribution in [0.15, 0.2) is 154 Å². The fourth-order valence-corrected chi connectivity index (χ4v) is 8.32. The van der Waals surface area contributed by atoms with Gasteiger partial charge in [-0.25, -0.2) is 15.0 Å². The molecule has 0 N–H and O–H groups in total. The molecule has 0 fully saturated rings. The van der Waals surface area contributed by atoms with E-state index in [1.807, 2.05) is 48.5 Å². The van der Waals surface area contributed by atoms with Crippen molar-refractivity contribution in [1.29, 1.82) is 0 Å². The van der Waals surface area contributed by atoms with Crippen LogP contribution >= 0.6 is 0 Å². The minimum absolute atomic E-state index is 0.433. The smallest absolute Gasteiger partial charge is 0.164 e. The zero-order valence-electron chi connectivity index (χ0n) is 28.2. The van der Waals surface area contributed by atoms with Gasteiger partial charge in [0.1, 0.15) is 22.3 Å². The molecule has 2 atom stereocenters. The summed E-state index contributed by atoms with van der Waals surface area (Å²) in [5.41, 5.74) is 10.9. The highest BCUT2D eigenvalue weighted by Gasteiger charge is 2.27. The van der Waals surface area contributed by atoms with Gasteiger partial charge in [0.2, 0.25) is 0 Å². The predicted octanol–water partition coefficient (Wildman–Crippen LogP) is 12.4. The Morgan fingerprint density at radius 2 is 1.27 bits per heavy atom. The van der Waals surface area contributed by atoms with E-state index in [9.17, 15) is 0 Å². The lowest BCUT2D eigenvalue weighted by atomic mass is 9.74. The quantitative estimate of drug-likeness (QED) is 0.175. The van der Waals surface area contributed by atoms with Crippen LogP contribution in [0.1, 0.15) is 29.9 Å². The van der Waals surface area contributed by atoms with E-state index in [1.165, 1.54) is 11.1 Å². The third kappa shape index (κ3) is 4.59. The van der Waals surface area contributed by atoms with Gasteiger partial charge in [-0.15, -0.1) is 0 Å². The molecule has 52 heavy (non-hydrogen) atoms. The normalized spacial score (nSPS) is 16.5. The summed E-state index contributed by atoms with van der Waals surface area (Å²) in [5, 5.41) is 4.20. The van der Waals surface area contributed by atoms with E-state index in [4.69, 9.17) is 23.8 Å². The molecule has 2 aliphatic carbocycles. The van der Waals surface area contributed by atoms with E-state index in [2.05, 4.69) is 103 Å². The summed E-state index contributed by atoms with van der Waals surface area (Å²) in [7, 11) is 0. The molecule has 3 heterocycles. The molecule has 0 bridgehead atoms. The number of nitrogens with zero attached hydrogens (tertiary/aromatic N) is 3. The minimum Gasteiger partial charge on any atom is -0.456 e. The van der Waals surface area contributed by atoms with Crippen molar-refractivity contribution in [3.63, 3.8) is 0 Å². The first kappa shape index (κ1) is 29.2. The lowest BCUT2D eigenvalue weighted by Crippen LogP contribution is -2.16. The van der Waals surface area contributed by atoms with Crippen LogP contribution < -0.4 is 0 Å². The zero-order valence-corrected chi connectivity index (χ0v) is 28.2. The number of para-hydroxylation sites is 2. The predicted molar refractivity (Wildman–Crippen MR) is 210 cm³/mol. The number of furan rings is 2. The van der Waals surface area contributed by atoms with Crippen molar-refractivity contribution in [2.24, 2.45) is 5.92 Å². The molecule has 5 nitrogen and oxygen atoms in total. The fraction of sp³-hybridized carbons (Fsp3) is 0.0851. The molecular formula is C47H31N3O2. The molecule has 246 valence electrons. The van der Waals surface area contributed by atoms with Crippen molar-refractivity contribution in [3.05, 3.63) is 157 Å². The topological polar surface area (TPSA) is 65.0 Å². The fourth-order valence-electron chi connectivity index (χ4n) is 8.32. The molecule has 0 amide bonds. The van der Waals surface area contributed by atoms with Crippen LogP contribution in [-0.2, 0) is 0 Å². The van der Waals surface area contributed by atoms with E-state index in [-0.39, 0.29) is 0 Å². The van der Waals surface area contributed by atoms with Crippen LogP contribution in [0.3, 0.4) is 0 Å². The van der Waals surface area contributed by atoms with Gasteiger partial charge in [-0.3, -0.25) is 0 Å². The van der Waals surface area contributed by atoms with E-state index >= 15 is 0 Å². The van der Waals surface area contributed by atoms with E-state index in [1.54, 1.807) is 0 Å². The summed E-state index contributed by atoms with van der Waals surface area (Å²) >= 11 is 0. The third-order valence-corrected chi connectivity index (χ3v) is 10.8. The third-order valence-electron chi connectivity index (χ3n) is 10.8. The highest BCUT2D eigenvalue weighted by atomic mass is 16.3. The second-order valence-corrected chi connectivity index (χ2v) is 13.8. The molecule has 5 heteroatoms. The van der Waals surface area contributed by atoms with Gasteiger partial charge in [0.25, 0.3) is 0 Å². The van der Waals surface area contributed by atoms with Crippen LogP contribution in [0.25, 0.3) is 95.2 Å². The molecular weight excluding hydrogens is 639 g/mol. The molecule has 0 aliphatic heterocycles. The first-order valence-electron chi connectivity index (χ1n) is 17.9. The number of aromatic nitrogens is 3. The van der Waals surface area contributed by atoms with Crippen molar-refractivity contribution in [2.75, 3.05) is 0 Å². The molecule has 9 aromatic rings. The molecule has 11 rings (SSSR count). The van der Waals surface area contributed by atoms with Gasteiger partial charge in [0, 0.05) is 49.7 Å².